The van der Waals surface area contributed by atoms with Gasteiger partial charge in [0.1, 0.15) is 11.6 Å². The van der Waals surface area contributed by atoms with Crippen LogP contribution in [0.2, 0.25) is 0 Å². The Morgan fingerprint density at radius 2 is 2.10 bits per heavy atom. The summed E-state index contributed by atoms with van der Waals surface area (Å²) in [4.78, 5) is 12.0. The number of benzene rings is 2. The molecule has 0 saturated heterocycles. The highest BCUT2D eigenvalue weighted by atomic mass is 79.9. The number of rotatable bonds is 4. The fourth-order valence-electron chi connectivity index (χ4n) is 1.67. The van der Waals surface area contributed by atoms with E-state index < -0.39 is 5.82 Å². The Morgan fingerprint density at radius 1 is 1.30 bits per heavy atom. The van der Waals surface area contributed by atoms with E-state index in [0.717, 1.165) is 0 Å². The van der Waals surface area contributed by atoms with E-state index in [9.17, 15) is 9.18 Å². The highest BCUT2D eigenvalue weighted by Crippen LogP contribution is 2.20. The normalized spacial score (nSPS) is 10.2. The van der Waals surface area contributed by atoms with Crippen LogP contribution < -0.4 is 10.1 Å². The average molecular weight is 338 g/mol. The number of ether oxygens (including phenoxy) is 1. The van der Waals surface area contributed by atoms with Crippen LogP contribution in [0.4, 0.5) is 10.1 Å². The van der Waals surface area contributed by atoms with Crippen molar-refractivity contribution in [3.05, 3.63) is 58.3 Å². The summed E-state index contributed by atoms with van der Waals surface area (Å²) in [6.07, 6.45) is 0. The highest BCUT2D eigenvalue weighted by molar-refractivity contribution is 9.10. The van der Waals surface area contributed by atoms with Crippen molar-refractivity contribution in [2.75, 3.05) is 11.9 Å². The number of hydrogen-bond acceptors (Lipinski definition) is 2. The summed E-state index contributed by atoms with van der Waals surface area (Å²) in [6.45, 7) is 2.44. The lowest BCUT2D eigenvalue weighted by molar-refractivity contribution is 0.102. The van der Waals surface area contributed by atoms with Crippen molar-refractivity contribution < 1.29 is 13.9 Å². The first-order chi connectivity index (χ1) is 9.60. The molecule has 20 heavy (non-hydrogen) atoms. The van der Waals surface area contributed by atoms with E-state index in [1.165, 1.54) is 12.1 Å². The third-order valence-corrected chi connectivity index (χ3v) is 3.23. The summed E-state index contributed by atoms with van der Waals surface area (Å²) < 4.78 is 19.1. The molecule has 0 fully saturated rings. The first-order valence-corrected chi connectivity index (χ1v) is 6.88. The Bertz CT molecular complexity index is 631. The van der Waals surface area contributed by atoms with Gasteiger partial charge in [-0.2, -0.15) is 0 Å². The Hall–Kier alpha value is -1.88. The number of carbonyl (C=O) groups is 1. The third-order valence-electron chi connectivity index (χ3n) is 2.58. The lowest BCUT2D eigenvalue weighted by Gasteiger charge is -2.08. The average Bonchev–Trinajstić information content (AvgIpc) is 2.42. The van der Waals surface area contributed by atoms with E-state index >= 15 is 0 Å². The molecule has 0 spiro atoms. The Labute approximate surface area is 124 Å². The van der Waals surface area contributed by atoms with Crippen molar-refractivity contribution in [2.24, 2.45) is 0 Å². The SMILES string of the molecule is CCOc1cccc(NC(=O)c2ccc(Br)c(F)c2)c1. The summed E-state index contributed by atoms with van der Waals surface area (Å²) in [5.74, 6) is -0.168. The second-order valence-corrected chi connectivity index (χ2v) is 4.90. The van der Waals surface area contributed by atoms with Gasteiger partial charge in [0.15, 0.2) is 0 Å². The maximum atomic E-state index is 13.4. The van der Waals surface area contributed by atoms with Crippen LogP contribution in [0.15, 0.2) is 46.9 Å². The monoisotopic (exact) mass is 337 g/mol. The predicted molar refractivity (Wildman–Crippen MR) is 79.7 cm³/mol. The molecule has 104 valence electrons. The minimum Gasteiger partial charge on any atom is -0.494 e. The summed E-state index contributed by atoms with van der Waals surface area (Å²) in [7, 11) is 0. The minimum atomic E-state index is -0.472. The molecule has 0 aliphatic rings. The molecule has 5 heteroatoms. The zero-order chi connectivity index (χ0) is 14.5. The van der Waals surface area contributed by atoms with E-state index in [1.807, 2.05) is 6.92 Å². The molecule has 3 nitrogen and oxygen atoms in total. The maximum Gasteiger partial charge on any atom is 0.255 e. The molecule has 1 N–H and O–H groups in total. The van der Waals surface area contributed by atoms with Gasteiger partial charge in [-0.05, 0) is 53.2 Å². The van der Waals surface area contributed by atoms with Crippen LogP contribution in [-0.2, 0) is 0 Å². The van der Waals surface area contributed by atoms with Gasteiger partial charge in [-0.15, -0.1) is 0 Å². The van der Waals surface area contributed by atoms with Crippen molar-refractivity contribution in [2.45, 2.75) is 6.92 Å². The lowest BCUT2D eigenvalue weighted by atomic mass is 10.2. The van der Waals surface area contributed by atoms with Gasteiger partial charge in [0, 0.05) is 17.3 Å². The second kappa shape index (κ2) is 6.52. The van der Waals surface area contributed by atoms with E-state index in [0.29, 0.717) is 22.5 Å². The maximum absolute atomic E-state index is 13.4. The predicted octanol–water partition coefficient (Wildman–Crippen LogP) is 4.24. The van der Waals surface area contributed by atoms with E-state index in [2.05, 4.69) is 21.2 Å². The fourth-order valence-corrected chi connectivity index (χ4v) is 1.92. The van der Waals surface area contributed by atoms with Gasteiger partial charge in [0.25, 0.3) is 5.91 Å². The Balaban J connectivity index is 2.14. The van der Waals surface area contributed by atoms with Crippen LogP contribution in [-0.4, -0.2) is 12.5 Å². The first-order valence-electron chi connectivity index (χ1n) is 6.09. The molecule has 2 aromatic carbocycles. The van der Waals surface area contributed by atoms with Crippen molar-refractivity contribution in [1.82, 2.24) is 0 Å². The zero-order valence-corrected chi connectivity index (χ0v) is 12.4. The van der Waals surface area contributed by atoms with Crippen LogP contribution in [0, 0.1) is 5.82 Å². The molecule has 1 amide bonds. The number of carbonyl (C=O) groups excluding carboxylic acids is 1. The Morgan fingerprint density at radius 3 is 2.80 bits per heavy atom. The van der Waals surface area contributed by atoms with Crippen molar-refractivity contribution in [3.8, 4) is 5.75 Å². The van der Waals surface area contributed by atoms with Crippen LogP contribution in [0.1, 0.15) is 17.3 Å². The number of nitrogens with one attached hydrogen (secondary N) is 1. The smallest absolute Gasteiger partial charge is 0.255 e. The summed E-state index contributed by atoms with van der Waals surface area (Å²) >= 11 is 3.05. The number of hydrogen-bond donors (Lipinski definition) is 1. The van der Waals surface area contributed by atoms with E-state index in [1.54, 1.807) is 30.3 Å². The van der Waals surface area contributed by atoms with Crippen molar-refractivity contribution in [3.63, 3.8) is 0 Å². The second-order valence-electron chi connectivity index (χ2n) is 4.04. The van der Waals surface area contributed by atoms with Gasteiger partial charge >= 0.3 is 0 Å². The fraction of sp³-hybridized carbons (Fsp3) is 0.133. The molecule has 0 aliphatic heterocycles. The molecule has 0 unspecified atom stereocenters. The van der Waals surface area contributed by atoms with Gasteiger partial charge in [-0.1, -0.05) is 6.07 Å². The van der Waals surface area contributed by atoms with Gasteiger partial charge < -0.3 is 10.1 Å². The van der Waals surface area contributed by atoms with Crippen LogP contribution in [0.3, 0.4) is 0 Å². The van der Waals surface area contributed by atoms with Gasteiger partial charge in [0.2, 0.25) is 0 Å². The molecule has 2 rings (SSSR count). The van der Waals surface area contributed by atoms with Gasteiger partial charge in [-0.3, -0.25) is 4.79 Å². The van der Waals surface area contributed by atoms with E-state index in [-0.39, 0.29) is 11.5 Å². The lowest BCUT2D eigenvalue weighted by Crippen LogP contribution is -2.12. The topological polar surface area (TPSA) is 38.3 Å². The number of anilines is 1. The van der Waals surface area contributed by atoms with Crippen molar-refractivity contribution in [1.29, 1.82) is 0 Å². The Kier molecular flexibility index (Phi) is 4.74. The third kappa shape index (κ3) is 3.57. The highest BCUT2D eigenvalue weighted by Gasteiger charge is 2.09. The van der Waals surface area contributed by atoms with Gasteiger partial charge in [0.05, 0.1) is 11.1 Å². The molecule has 0 saturated carbocycles. The largest absolute Gasteiger partial charge is 0.494 e. The summed E-state index contributed by atoms with van der Waals surface area (Å²) in [5.41, 5.74) is 0.858. The quantitative estimate of drug-likeness (QED) is 0.906. The van der Waals surface area contributed by atoms with Crippen molar-refractivity contribution >= 4 is 27.5 Å². The number of amides is 1. The molecule has 0 bridgehead atoms. The van der Waals surface area contributed by atoms with Gasteiger partial charge in [-0.25, -0.2) is 4.39 Å². The van der Waals surface area contributed by atoms with Crippen LogP contribution in [0.25, 0.3) is 0 Å². The molecular formula is C15H13BrFNO2. The van der Waals surface area contributed by atoms with Crippen LogP contribution >= 0.6 is 15.9 Å². The molecular weight excluding hydrogens is 325 g/mol. The molecule has 0 aromatic heterocycles. The molecule has 0 heterocycles. The molecule has 0 radical (unpaired) electrons. The molecule has 0 atom stereocenters. The number of halogens is 2. The van der Waals surface area contributed by atoms with Crippen LogP contribution in [0.5, 0.6) is 5.75 Å². The minimum absolute atomic E-state index is 0.257. The standard InChI is InChI=1S/C15H13BrFNO2/c1-2-20-12-5-3-4-11(9-12)18-15(19)10-6-7-13(16)14(17)8-10/h3-9H,2H2,1H3,(H,18,19). The molecule has 2 aromatic rings. The summed E-state index contributed by atoms with van der Waals surface area (Å²) in [6, 6.07) is 11.3. The first kappa shape index (κ1) is 14.5. The van der Waals surface area contributed by atoms with E-state index in [4.69, 9.17) is 4.74 Å². The zero-order valence-electron chi connectivity index (χ0n) is 10.8. The molecule has 0 aliphatic carbocycles. The summed E-state index contributed by atoms with van der Waals surface area (Å²) in [5, 5.41) is 2.70.